The van der Waals surface area contributed by atoms with Crippen molar-refractivity contribution in [2.45, 2.75) is 26.3 Å². The molecule has 0 aliphatic carbocycles. The summed E-state index contributed by atoms with van der Waals surface area (Å²) in [6, 6.07) is -0.117. The number of nitrogens with one attached hydrogen (secondary N) is 1. The molecule has 86 valence electrons. The van der Waals surface area contributed by atoms with Crippen LogP contribution in [-0.4, -0.2) is 19.9 Å². The largest absolute Gasteiger partial charge is 0.382 e. The van der Waals surface area contributed by atoms with Crippen molar-refractivity contribution in [3.63, 3.8) is 0 Å². The summed E-state index contributed by atoms with van der Waals surface area (Å²) in [5.74, 6) is 1.64. The van der Waals surface area contributed by atoms with Gasteiger partial charge >= 0.3 is 0 Å². The smallest absolute Gasteiger partial charge is 0.183 e. The Hall–Kier alpha value is -1.69. The molecule has 0 bridgehead atoms. The van der Waals surface area contributed by atoms with Crippen molar-refractivity contribution in [1.82, 2.24) is 19.9 Å². The zero-order chi connectivity index (χ0) is 11.7. The van der Waals surface area contributed by atoms with Crippen LogP contribution in [0, 0.1) is 5.92 Å². The Bertz CT molecular complexity index is 489. The first-order chi connectivity index (χ1) is 7.58. The fraction of sp³-hybridized carbons (Fsp3) is 0.500. The van der Waals surface area contributed by atoms with Crippen LogP contribution in [0.3, 0.4) is 0 Å². The van der Waals surface area contributed by atoms with Crippen LogP contribution in [0.15, 0.2) is 6.33 Å². The summed E-state index contributed by atoms with van der Waals surface area (Å²) in [4.78, 5) is 15.3. The Morgan fingerprint density at radius 3 is 2.75 bits per heavy atom. The third kappa shape index (κ3) is 1.96. The number of fused-ring (bicyclic) bond motifs is 1. The van der Waals surface area contributed by atoms with Crippen molar-refractivity contribution in [2.75, 3.05) is 5.73 Å². The van der Waals surface area contributed by atoms with Crippen LogP contribution in [0.2, 0.25) is 0 Å². The molecule has 2 rings (SSSR count). The average Bonchev–Trinajstić information content (AvgIpc) is 2.61. The van der Waals surface area contributed by atoms with Gasteiger partial charge in [0.25, 0.3) is 0 Å². The zero-order valence-corrected chi connectivity index (χ0v) is 9.44. The van der Waals surface area contributed by atoms with Gasteiger partial charge in [-0.1, -0.05) is 13.8 Å². The normalized spacial score (nSPS) is 13.5. The third-order valence-electron chi connectivity index (χ3n) is 2.41. The Morgan fingerprint density at radius 1 is 1.38 bits per heavy atom. The minimum atomic E-state index is -0.117. The number of H-pyrrole nitrogens is 1. The molecule has 0 aliphatic heterocycles. The summed E-state index contributed by atoms with van der Waals surface area (Å²) in [6.45, 7) is 4.24. The number of nitrogen functional groups attached to an aromatic ring is 1. The maximum atomic E-state index is 6.03. The Labute approximate surface area is 93.5 Å². The Morgan fingerprint density at radius 2 is 2.12 bits per heavy atom. The molecule has 0 aromatic carbocycles. The van der Waals surface area contributed by atoms with Crippen LogP contribution in [0.5, 0.6) is 0 Å². The topological polar surface area (TPSA) is 106 Å². The van der Waals surface area contributed by atoms with Gasteiger partial charge in [-0.2, -0.15) is 0 Å². The van der Waals surface area contributed by atoms with E-state index >= 15 is 0 Å². The van der Waals surface area contributed by atoms with Gasteiger partial charge in [0, 0.05) is 0 Å². The van der Waals surface area contributed by atoms with Crippen LogP contribution in [0.1, 0.15) is 32.1 Å². The lowest BCUT2D eigenvalue weighted by atomic mass is 10.0. The summed E-state index contributed by atoms with van der Waals surface area (Å²) in [5, 5.41) is 0. The van der Waals surface area contributed by atoms with Gasteiger partial charge in [-0.05, 0) is 12.3 Å². The number of imidazole rings is 1. The first-order valence-corrected chi connectivity index (χ1v) is 5.29. The van der Waals surface area contributed by atoms with Gasteiger partial charge in [-0.15, -0.1) is 0 Å². The highest BCUT2D eigenvalue weighted by atomic mass is 15.1. The minimum Gasteiger partial charge on any atom is -0.382 e. The van der Waals surface area contributed by atoms with Crippen LogP contribution < -0.4 is 11.5 Å². The first-order valence-electron chi connectivity index (χ1n) is 5.29. The molecule has 5 N–H and O–H groups in total. The molecule has 1 atom stereocenters. The van der Waals surface area contributed by atoms with Gasteiger partial charge in [-0.3, -0.25) is 0 Å². The van der Waals surface area contributed by atoms with Gasteiger partial charge < -0.3 is 16.5 Å². The maximum Gasteiger partial charge on any atom is 0.183 e. The van der Waals surface area contributed by atoms with Crippen LogP contribution in [0.25, 0.3) is 11.2 Å². The van der Waals surface area contributed by atoms with E-state index in [0.717, 1.165) is 12.2 Å². The van der Waals surface area contributed by atoms with E-state index in [2.05, 4.69) is 33.8 Å². The number of aromatic amines is 1. The summed E-state index contributed by atoms with van der Waals surface area (Å²) < 4.78 is 0. The number of aromatic nitrogens is 4. The van der Waals surface area contributed by atoms with Crippen molar-refractivity contribution >= 4 is 17.0 Å². The highest BCUT2D eigenvalue weighted by molar-refractivity contribution is 5.81. The summed E-state index contributed by atoms with van der Waals surface area (Å²) in [5.41, 5.74) is 13.0. The van der Waals surface area contributed by atoms with Gasteiger partial charge in [0.15, 0.2) is 11.5 Å². The molecule has 0 amide bonds. The number of hydrogen-bond acceptors (Lipinski definition) is 5. The quantitative estimate of drug-likeness (QED) is 0.714. The number of anilines is 1. The second-order valence-corrected chi connectivity index (χ2v) is 4.32. The zero-order valence-electron chi connectivity index (χ0n) is 9.44. The van der Waals surface area contributed by atoms with Crippen molar-refractivity contribution in [2.24, 2.45) is 11.7 Å². The maximum absolute atomic E-state index is 6.03. The monoisotopic (exact) mass is 220 g/mol. The predicted molar refractivity (Wildman–Crippen MR) is 62.5 cm³/mol. The molecule has 16 heavy (non-hydrogen) atoms. The van der Waals surface area contributed by atoms with E-state index in [9.17, 15) is 0 Å². The highest BCUT2D eigenvalue weighted by Gasteiger charge is 2.14. The van der Waals surface area contributed by atoms with Gasteiger partial charge in [0.2, 0.25) is 0 Å². The molecule has 0 aliphatic rings. The lowest BCUT2D eigenvalue weighted by Crippen LogP contribution is -2.14. The number of rotatable bonds is 3. The molecule has 6 nitrogen and oxygen atoms in total. The molecule has 0 saturated heterocycles. The SMILES string of the molecule is CC(C)CC(N)c1nc2ncnc(N)c2[nH]1. The summed E-state index contributed by atoms with van der Waals surface area (Å²) in [6.07, 6.45) is 2.27. The molecule has 6 heteroatoms. The van der Waals surface area contributed by atoms with E-state index in [1.54, 1.807) is 0 Å². The Balaban J connectivity index is 2.36. The van der Waals surface area contributed by atoms with Gasteiger partial charge in [-0.25, -0.2) is 15.0 Å². The standard InChI is InChI=1S/C10H16N6/c1-5(2)3-6(11)9-15-7-8(12)13-4-14-10(7)16-9/h4-6H,3,11H2,1-2H3,(H3,12,13,14,15,16). The van der Waals surface area contributed by atoms with Crippen LogP contribution >= 0.6 is 0 Å². The highest BCUT2D eigenvalue weighted by Crippen LogP contribution is 2.20. The molecule has 0 fully saturated rings. The summed E-state index contributed by atoms with van der Waals surface area (Å²) >= 11 is 0. The minimum absolute atomic E-state index is 0.117. The molecule has 1 unspecified atom stereocenters. The van der Waals surface area contributed by atoms with E-state index in [1.807, 2.05) is 0 Å². The van der Waals surface area contributed by atoms with E-state index in [0.29, 0.717) is 22.9 Å². The van der Waals surface area contributed by atoms with Crippen molar-refractivity contribution in [3.05, 3.63) is 12.2 Å². The molecule has 2 aromatic rings. The number of nitrogens with zero attached hydrogens (tertiary/aromatic N) is 3. The predicted octanol–water partition coefficient (Wildman–Crippen LogP) is 0.981. The summed E-state index contributed by atoms with van der Waals surface area (Å²) in [7, 11) is 0. The van der Waals surface area contributed by atoms with E-state index in [-0.39, 0.29) is 6.04 Å². The third-order valence-corrected chi connectivity index (χ3v) is 2.41. The van der Waals surface area contributed by atoms with E-state index in [4.69, 9.17) is 11.5 Å². The lowest BCUT2D eigenvalue weighted by Gasteiger charge is -2.10. The molecular weight excluding hydrogens is 204 g/mol. The fourth-order valence-electron chi connectivity index (χ4n) is 1.66. The first kappa shape index (κ1) is 10.8. The van der Waals surface area contributed by atoms with Crippen molar-refractivity contribution < 1.29 is 0 Å². The fourth-order valence-corrected chi connectivity index (χ4v) is 1.66. The number of hydrogen-bond donors (Lipinski definition) is 3. The Kier molecular flexibility index (Phi) is 2.74. The van der Waals surface area contributed by atoms with Crippen LogP contribution in [-0.2, 0) is 0 Å². The van der Waals surface area contributed by atoms with Gasteiger partial charge in [0.05, 0.1) is 6.04 Å². The van der Waals surface area contributed by atoms with Crippen LogP contribution in [0.4, 0.5) is 5.82 Å². The lowest BCUT2D eigenvalue weighted by molar-refractivity contribution is 0.496. The molecule has 0 spiro atoms. The van der Waals surface area contributed by atoms with E-state index in [1.165, 1.54) is 6.33 Å². The molecule has 2 heterocycles. The van der Waals surface area contributed by atoms with Crippen molar-refractivity contribution in [3.8, 4) is 0 Å². The molecular formula is C10H16N6. The molecule has 2 aromatic heterocycles. The second kappa shape index (κ2) is 4.05. The van der Waals surface area contributed by atoms with E-state index < -0.39 is 0 Å². The molecule has 0 radical (unpaired) electrons. The van der Waals surface area contributed by atoms with Gasteiger partial charge in [0.1, 0.15) is 17.7 Å². The second-order valence-electron chi connectivity index (χ2n) is 4.32. The molecule has 0 saturated carbocycles. The van der Waals surface area contributed by atoms with Crippen molar-refractivity contribution in [1.29, 1.82) is 0 Å². The average molecular weight is 220 g/mol. The number of nitrogens with two attached hydrogens (primary N) is 2.